The van der Waals surface area contributed by atoms with Crippen LogP contribution in [-0.4, -0.2) is 8.07 Å². The van der Waals surface area contributed by atoms with E-state index < -0.39 is 8.07 Å². The molecule has 3 heterocycles. The number of rotatable bonds is 1. The summed E-state index contributed by atoms with van der Waals surface area (Å²) >= 11 is 0. The molecule has 0 saturated heterocycles. The molecule has 0 aromatic heterocycles. The number of hydrogen-bond acceptors (Lipinski definition) is 1. The lowest BCUT2D eigenvalue weighted by Gasteiger charge is -2.42. The number of nitrogens with zero attached hydrogens (tertiary/aromatic N) is 1. The van der Waals surface area contributed by atoms with Gasteiger partial charge in [0.1, 0.15) is 0 Å². The number of anilines is 3. The second kappa shape index (κ2) is 7.96. The Morgan fingerprint density at radius 3 is 1.37 bits per heavy atom. The first-order valence-corrected chi connectivity index (χ1v) is 16.5. The van der Waals surface area contributed by atoms with Crippen LogP contribution in [0.25, 0.3) is 22.3 Å². The SMILES string of the molecule is CC1(C)c2ccccc2N(c2ccc3c(c2)[Si]2(c4ccccc4-c4ccccc42)c2ccccc2-3)c2ccccc21. The first kappa shape index (κ1) is 23.1. The average Bonchev–Trinajstić information content (AvgIpc) is 3.49. The van der Waals surface area contributed by atoms with Crippen LogP contribution in [0.15, 0.2) is 140 Å². The van der Waals surface area contributed by atoms with E-state index in [4.69, 9.17) is 0 Å². The Labute approximate surface area is 242 Å². The number of benzene rings is 6. The first-order chi connectivity index (χ1) is 20.1. The van der Waals surface area contributed by atoms with E-state index in [2.05, 4.69) is 158 Å². The first-order valence-electron chi connectivity index (χ1n) is 14.5. The molecule has 0 bridgehead atoms. The third kappa shape index (κ3) is 2.76. The lowest BCUT2D eigenvalue weighted by atomic mass is 9.73. The van der Waals surface area contributed by atoms with Crippen LogP contribution in [0.4, 0.5) is 17.1 Å². The number of hydrogen-bond donors (Lipinski definition) is 0. The minimum absolute atomic E-state index is 0.0735. The van der Waals surface area contributed by atoms with Crippen molar-refractivity contribution >= 4 is 45.9 Å². The quantitative estimate of drug-likeness (QED) is 0.201. The highest BCUT2D eigenvalue weighted by molar-refractivity contribution is 7.24. The zero-order chi connectivity index (χ0) is 27.3. The molecule has 6 aromatic carbocycles. The Bertz CT molecular complexity index is 1940. The molecule has 0 unspecified atom stereocenters. The van der Waals surface area contributed by atoms with E-state index in [9.17, 15) is 0 Å². The monoisotopic (exact) mass is 539 g/mol. The van der Waals surface area contributed by atoms with Gasteiger partial charge in [0.25, 0.3) is 0 Å². The highest BCUT2D eigenvalue weighted by Crippen LogP contribution is 2.52. The lowest BCUT2D eigenvalue weighted by molar-refractivity contribution is 0.632. The maximum atomic E-state index is 2.55. The van der Waals surface area contributed by atoms with Crippen LogP contribution in [-0.2, 0) is 5.41 Å². The minimum Gasteiger partial charge on any atom is -0.310 e. The highest BCUT2D eigenvalue weighted by Gasteiger charge is 2.54. The average molecular weight is 540 g/mol. The zero-order valence-electron chi connectivity index (χ0n) is 23.2. The topological polar surface area (TPSA) is 3.24 Å². The Morgan fingerprint density at radius 2 is 0.854 bits per heavy atom. The summed E-state index contributed by atoms with van der Waals surface area (Å²) in [7, 11) is -2.48. The van der Waals surface area contributed by atoms with Gasteiger partial charge in [-0.3, -0.25) is 0 Å². The van der Waals surface area contributed by atoms with Crippen molar-refractivity contribution in [2.24, 2.45) is 0 Å². The van der Waals surface area contributed by atoms with Gasteiger partial charge in [-0.25, -0.2) is 0 Å². The summed E-state index contributed by atoms with van der Waals surface area (Å²) in [5.74, 6) is 0. The van der Waals surface area contributed by atoms with Crippen LogP contribution in [0.5, 0.6) is 0 Å². The van der Waals surface area contributed by atoms with Crippen molar-refractivity contribution in [2.75, 3.05) is 4.90 Å². The van der Waals surface area contributed by atoms with Gasteiger partial charge in [-0.1, -0.05) is 129 Å². The van der Waals surface area contributed by atoms with Crippen LogP contribution in [0.3, 0.4) is 0 Å². The normalized spacial score (nSPS) is 15.9. The molecule has 6 aromatic rings. The van der Waals surface area contributed by atoms with Gasteiger partial charge in [-0.05, 0) is 78.4 Å². The number of para-hydroxylation sites is 2. The fourth-order valence-corrected chi connectivity index (χ4v) is 13.8. The minimum atomic E-state index is -2.48. The standard InChI is InChI=1S/C39H29NSi/c1-39(2)31-16-6-8-18-33(31)40(34-19-9-7-17-32(34)39)26-23-24-30-29-15-5-12-22-37(29)41(38(30)25-26)35-20-10-3-13-27(35)28-14-4-11-21-36(28)41/h3-25H,1-2H3. The van der Waals surface area contributed by atoms with Gasteiger partial charge in [0.05, 0.1) is 11.4 Å². The van der Waals surface area contributed by atoms with Crippen molar-refractivity contribution in [1.29, 1.82) is 0 Å². The van der Waals surface area contributed by atoms with Gasteiger partial charge in [0, 0.05) is 11.1 Å². The summed E-state index contributed by atoms with van der Waals surface area (Å²) in [6.07, 6.45) is 0. The van der Waals surface area contributed by atoms with Gasteiger partial charge >= 0.3 is 0 Å². The molecule has 0 atom stereocenters. The predicted octanol–water partition coefficient (Wildman–Crippen LogP) is 7.13. The molecule has 0 N–H and O–H groups in total. The van der Waals surface area contributed by atoms with Gasteiger partial charge in [-0.2, -0.15) is 0 Å². The molecular formula is C39H29NSi. The molecule has 41 heavy (non-hydrogen) atoms. The largest absolute Gasteiger partial charge is 0.310 e. The van der Waals surface area contributed by atoms with Gasteiger partial charge in [0.2, 0.25) is 0 Å². The molecule has 0 aliphatic carbocycles. The van der Waals surface area contributed by atoms with E-state index >= 15 is 0 Å². The maximum Gasteiger partial charge on any atom is 0.182 e. The third-order valence-corrected chi connectivity index (χ3v) is 14.8. The Balaban J connectivity index is 1.37. The van der Waals surface area contributed by atoms with Gasteiger partial charge in [-0.15, -0.1) is 0 Å². The molecule has 1 spiro atoms. The summed E-state index contributed by atoms with van der Waals surface area (Å²) in [6, 6.07) is 52.8. The van der Waals surface area contributed by atoms with Crippen LogP contribution in [0, 0.1) is 0 Å². The Hall–Kier alpha value is -4.66. The molecule has 194 valence electrons. The van der Waals surface area contributed by atoms with Crippen molar-refractivity contribution in [3.63, 3.8) is 0 Å². The van der Waals surface area contributed by atoms with E-state index in [1.54, 1.807) is 0 Å². The Kier molecular flexibility index (Phi) is 4.48. The summed E-state index contributed by atoms with van der Waals surface area (Å²) in [5, 5.41) is 6.06. The van der Waals surface area contributed by atoms with E-state index in [1.807, 2.05) is 0 Å². The fourth-order valence-electron chi connectivity index (χ4n) is 8.17. The molecule has 0 fully saturated rings. The molecule has 3 aliphatic heterocycles. The van der Waals surface area contributed by atoms with Crippen molar-refractivity contribution in [3.05, 3.63) is 151 Å². The van der Waals surface area contributed by atoms with E-state index in [1.165, 1.54) is 71.2 Å². The van der Waals surface area contributed by atoms with Gasteiger partial charge in [0.15, 0.2) is 8.07 Å². The van der Waals surface area contributed by atoms with Crippen molar-refractivity contribution in [2.45, 2.75) is 19.3 Å². The maximum absolute atomic E-state index is 2.55. The zero-order valence-corrected chi connectivity index (χ0v) is 24.2. The second-order valence-electron chi connectivity index (χ2n) is 12.1. The van der Waals surface area contributed by atoms with E-state index in [0.29, 0.717) is 0 Å². The molecule has 3 aliphatic rings. The van der Waals surface area contributed by atoms with E-state index in [0.717, 1.165) is 0 Å². The summed E-state index contributed by atoms with van der Waals surface area (Å²) < 4.78 is 0. The lowest BCUT2D eigenvalue weighted by Crippen LogP contribution is -2.70. The second-order valence-corrected chi connectivity index (χ2v) is 15.8. The van der Waals surface area contributed by atoms with Gasteiger partial charge < -0.3 is 4.90 Å². The predicted molar refractivity (Wildman–Crippen MR) is 175 cm³/mol. The fraction of sp³-hybridized carbons (Fsp3) is 0.0769. The van der Waals surface area contributed by atoms with Crippen molar-refractivity contribution in [3.8, 4) is 22.3 Å². The van der Waals surface area contributed by atoms with Crippen LogP contribution >= 0.6 is 0 Å². The van der Waals surface area contributed by atoms with Crippen molar-refractivity contribution in [1.82, 2.24) is 0 Å². The molecule has 0 amide bonds. The molecule has 1 nitrogen and oxygen atoms in total. The Morgan fingerprint density at radius 1 is 0.439 bits per heavy atom. The van der Waals surface area contributed by atoms with E-state index in [-0.39, 0.29) is 5.41 Å². The molecule has 0 radical (unpaired) electrons. The number of fused-ring (bicyclic) bond motifs is 12. The highest BCUT2D eigenvalue weighted by atomic mass is 28.3. The summed E-state index contributed by atoms with van der Waals surface area (Å²) in [6.45, 7) is 4.71. The van der Waals surface area contributed by atoms with Crippen LogP contribution in [0.2, 0.25) is 0 Å². The smallest absolute Gasteiger partial charge is 0.182 e. The summed E-state index contributed by atoms with van der Waals surface area (Å²) in [4.78, 5) is 2.51. The molecule has 9 rings (SSSR count). The molecule has 0 saturated carbocycles. The van der Waals surface area contributed by atoms with Crippen molar-refractivity contribution < 1.29 is 0 Å². The molecule has 2 heteroatoms. The molecular weight excluding hydrogens is 511 g/mol. The van der Waals surface area contributed by atoms with Crippen LogP contribution in [0.1, 0.15) is 25.0 Å². The third-order valence-electron chi connectivity index (χ3n) is 9.88. The van der Waals surface area contributed by atoms with Crippen LogP contribution < -0.4 is 25.6 Å². The summed E-state index contributed by atoms with van der Waals surface area (Å²) in [5.41, 5.74) is 12.0.